The van der Waals surface area contributed by atoms with E-state index in [1.54, 1.807) is 19.8 Å². The van der Waals surface area contributed by atoms with Crippen molar-refractivity contribution in [2.45, 2.75) is 45.3 Å². The zero-order valence-corrected chi connectivity index (χ0v) is 13.2. The number of aromatic nitrogens is 3. The molecule has 1 aromatic carbocycles. The third-order valence-corrected chi connectivity index (χ3v) is 3.87. The lowest BCUT2D eigenvalue weighted by Crippen LogP contribution is -2.40. The lowest BCUT2D eigenvalue weighted by Gasteiger charge is -2.25. The standard InChI is InChI=1S/C16H24N4O/c1-12(9-20-11-17-10-18-20)19-14(3)13(2)15-5-7-16(21-4)8-6-15/h5-8,10-14,19H,9H2,1-4H3/t12-,13+,14+/m0/s1. The minimum Gasteiger partial charge on any atom is -0.497 e. The summed E-state index contributed by atoms with van der Waals surface area (Å²) in [6.07, 6.45) is 3.31. The van der Waals surface area contributed by atoms with Gasteiger partial charge in [-0.05, 0) is 37.5 Å². The van der Waals surface area contributed by atoms with E-state index in [1.807, 2.05) is 16.8 Å². The molecule has 1 N–H and O–H groups in total. The molecule has 1 heterocycles. The van der Waals surface area contributed by atoms with E-state index >= 15 is 0 Å². The fourth-order valence-electron chi connectivity index (χ4n) is 2.45. The molecule has 0 aliphatic rings. The number of methoxy groups -OCH3 is 1. The molecule has 2 aromatic rings. The first-order chi connectivity index (χ1) is 10.1. The molecule has 0 aliphatic carbocycles. The predicted molar refractivity (Wildman–Crippen MR) is 83.5 cm³/mol. The van der Waals surface area contributed by atoms with Gasteiger partial charge in [-0.15, -0.1) is 0 Å². The molecule has 0 amide bonds. The van der Waals surface area contributed by atoms with Crippen LogP contribution in [0.4, 0.5) is 0 Å². The highest BCUT2D eigenvalue weighted by Crippen LogP contribution is 2.22. The predicted octanol–water partition coefficient (Wildman–Crippen LogP) is 2.46. The molecule has 0 fully saturated rings. The van der Waals surface area contributed by atoms with Crippen molar-refractivity contribution < 1.29 is 4.74 Å². The number of nitrogens with one attached hydrogen (secondary N) is 1. The topological polar surface area (TPSA) is 52.0 Å². The van der Waals surface area contributed by atoms with Crippen molar-refractivity contribution in [2.24, 2.45) is 0 Å². The molecule has 0 radical (unpaired) electrons. The van der Waals surface area contributed by atoms with Gasteiger partial charge in [-0.1, -0.05) is 19.1 Å². The van der Waals surface area contributed by atoms with Gasteiger partial charge in [-0.25, -0.2) is 4.98 Å². The number of ether oxygens (including phenoxy) is 1. The van der Waals surface area contributed by atoms with Crippen LogP contribution in [0.25, 0.3) is 0 Å². The first kappa shape index (κ1) is 15.5. The minimum atomic E-state index is 0.336. The van der Waals surface area contributed by atoms with E-state index in [9.17, 15) is 0 Å². The van der Waals surface area contributed by atoms with Crippen LogP contribution < -0.4 is 10.1 Å². The fraction of sp³-hybridized carbons (Fsp3) is 0.500. The number of hydrogen-bond acceptors (Lipinski definition) is 4. The van der Waals surface area contributed by atoms with Gasteiger partial charge in [0.05, 0.1) is 13.7 Å². The Morgan fingerprint density at radius 2 is 1.90 bits per heavy atom. The lowest BCUT2D eigenvalue weighted by atomic mass is 9.94. The fourth-order valence-corrected chi connectivity index (χ4v) is 2.45. The van der Waals surface area contributed by atoms with Crippen LogP contribution in [-0.2, 0) is 6.54 Å². The van der Waals surface area contributed by atoms with E-state index in [1.165, 1.54) is 5.56 Å². The molecule has 3 atom stereocenters. The van der Waals surface area contributed by atoms with E-state index in [0.717, 1.165) is 12.3 Å². The van der Waals surface area contributed by atoms with Crippen LogP contribution in [0.15, 0.2) is 36.9 Å². The molecule has 1 aromatic heterocycles. The normalized spacial score (nSPS) is 15.4. The Morgan fingerprint density at radius 3 is 2.48 bits per heavy atom. The van der Waals surface area contributed by atoms with Crippen molar-refractivity contribution in [3.8, 4) is 5.75 Å². The van der Waals surface area contributed by atoms with E-state index in [0.29, 0.717) is 18.0 Å². The van der Waals surface area contributed by atoms with Gasteiger partial charge in [0.15, 0.2) is 0 Å². The summed E-state index contributed by atoms with van der Waals surface area (Å²) in [4.78, 5) is 3.97. The average molecular weight is 288 g/mol. The van der Waals surface area contributed by atoms with E-state index in [4.69, 9.17) is 4.74 Å². The molecule has 0 unspecified atom stereocenters. The number of hydrogen-bond donors (Lipinski definition) is 1. The van der Waals surface area contributed by atoms with Gasteiger partial charge in [0, 0.05) is 12.1 Å². The molecule has 0 spiro atoms. The van der Waals surface area contributed by atoms with E-state index in [-0.39, 0.29) is 0 Å². The SMILES string of the molecule is COc1ccc([C@H](C)[C@@H](C)N[C@@H](C)Cn2cncn2)cc1. The summed E-state index contributed by atoms with van der Waals surface area (Å²) in [6, 6.07) is 8.99. The number of rotatable bonds is 7. The molecule has 0 aliphatic heterocycles. The Balaban J connectivity index is 1.90. The van der Waals surface area contributed by atoms with Gasteiger partial charge < -0.3 is 10.1 Å². The smallest absolute Gasteiger partial charge is 0.137 e. The molecule has 5 nitrogen and oxygen atoms in total. The van der Waals surface area contributed by atoms with Crippen molar-refractivity contribution in [1.29, 1.82) is 0 Å². The highest BCUT2D eigenvalue weighted by molar-refractivity contribution is 5.29. The molecule has 0 saturated heterocycles. The molecule has 0 saturated carbocycles. The third-order valence-electron chi connectivity index (χ3n) is 3.87. The summed E-state index contributed by atoms with van der Waals surface area (Å²) < 4.78 is 7.05. The van der Waals surface area contributed by atoms with E-state index in [2.05, 4.69) is 48.3 Å². The van der Waals surface area contributed by atoms with Gasteiger partial charge >= 0.3 is 0 Å². The zero-order chi connectivity index (χ0) is 15.2. The molecular formula is C16H24N4O. The minimum absolute atomic E-state index is 0.336. The lowest BCUT2D eigenvalue weighted by molar-refractivity contribution is 0.379. The molecule has 114 valence electrons. The van der Waals surface area contributed by atoms with Crippen LogP contribution in [0.5, 0.6) is 5.75 Å². The van der Waals surface area contributed by atoms with Gasteiger partial charge in [-0.3, -0.25) is 4.68 Å². The van der Waals surface area contributed by atoms with Crippen molar-refractivity contribution in [3.05, 3.63) is 42.5 Å². The van der Waals surface area contributed by atoms with Crippen LogP contribution in [0.2, 0.25) is 0 Å². The molecular weight excluding hydrogens is 264 g/mol. The molecule has 5 heteroatoms. The quantitative estimate of drug-likeness (QED) is 0.850. The second kappa shape index (κ2) is 7.22. The largest absolute Gasteiger partial charge is 0.497 e. The van der Waals surface area contributed by atoms with Crippen molar-refractivity contribution in [1.82, 2.24) is 20.1 Å². The summed E-state index contributed by atoms with van der Waals surface area (Å²) in [5.41, 5.74) is 1.31. The molecule has 0 bridgehead atoms. The van der Waals surface area contributed by atoms with Gasteiger partial charge in [0.1, 0.15) is 18.4 Å². The number of nitrogens with zero attached hydrogens (tertiary/aromatic N) is 3. The Labute approximate surface area is 126 Å². The highest BCUT2D eigenvalue weighted by atomic mass is 16.5. The summed E-state index contributed by atoms with van der Waals surface area (Å²) in [7, 11) is 1.69. The van der Waals surface area contributed by atoms with E-state index < -0.39 is 0 Å². The molecule has 21 heavy (non-hydrogen) atoms. The average Bonchev–Trinajstić information content (AvgIpc) is 2.99. The van der Waals surface area contributed by atoms with Gasteiger partial charge in [0.2, 0.25) is 0 Å². The Morgan fingerprint density at radius 1 is 1.19 bits per heavy atom. The summed E-state index contributed by atoms with van der Waals surface area (Å²) in [5, 5.41) is 7.76. The first-order valence-electron chi connectivity index (χ1n) is 7.32. The second-order valence-electron chi connectivity index (χ2n) is 5.54. The monoisotopic (exact) mass is 288 g/mol. The highest BCUT2D eigenvalue weighted by Gasteiger charge is 2.16. The van der Waals surface area contributed by atoms with Crippen LogP contribution in [0.1, 0.15) is 32.3 Å². The first-order valence-corrected chi connectivity index (χ1v) is 7.32. The van der Waals surface area contributed by atoms with Crippen LogP contribution in [0.3, 0.4) is 0 Å². The maximum atomic E-state index is 5.20. The maximum absolute atomic E-state index is 5.20. The van der Waals surface area contributed by atoms with Crippen molar-refractivity contribution in [2.75, 3.05) is 7.11 Å². The zero-order valence-electron chi connectivity index (χ0n) is 13.2. The Bertz CT molecular complexity index is 524. The third kappa shape index (κ3) is 4.29. The maximum Gasteiger partial charge on any atom is 0.137 e. The second-order valence-corrected chi connectivity index (χ2v) is 5.54. The van der Waals surface area contributed by atoms with Crippen LogP contribution >= 0.6 is 0 Å². The van der Waals surface area contributed by atoms with Crippen LogP contribution in [-0.4, -0.2) is 34.0 Å². The summed E-state index contributed by atoms with van der Waals surface area (Å²) in [6.45, 7) is 7.44. The Hall–Kier alpha value is -1.88. The number of benzene rings is 1. The van der Waals surface area contributed by atoms with Crippen molar-refractivity contribution in [3.63, 3.8) is 0 Å². The van der Waals surface area contributed by atoms with Gasteiger partial charge in [-0.2, -0.15) is 5.10 Å². The Kier molecular flexibility index (Phi) is 5.33. The van der Waals surface area contributed by atoms with Crippen molar-refractivity contribution >= 4 is 0 Å². The summed E-state index contributed by atoms with van der Waals surface area (Å²) >= 11 is 0. The summed E-state index contributed by atoms with van der Waals surface area (Å²) in [5.74, 6) is 1.32. The molecule has 2 rings (SSSR count). The van der Waals surface area contributed by atoms with Crippen LogP contribution in [0, 0.1) is 0 Å². The van der Waals surface area contributed by atoms with Gasteiger partial charge in [0.25, 0.3) is 0 Å².